The molecule has 1 fully saturated rings. The molecule has 0 aliphatic heterocycles. The standard InChI is InChI=1S/C14H17BrClNO/c1-10-5-6-11(15)9-13(10)14(18)17(8-7-16)12-3-2-4-12/h5-6,9,12H,2-4,7-8H2,1H3. The molecule has 0 unspecified atom stereocenters. The first-order valence-corrected chi connectivity index (χ1v) is 7.59. The highest BCUT2D eigenvalue weighted by Crippen LogP contribution is 2.27. The van der Waals surface area contributed by atoms with Crippen LogP contribution in [0.25, 0.3) is 0 Å². The first-order valence-electron chi connectivity index (χ1n) is 6.26. The summed E-state index contributed by atoms with van der Waals surface area (Å²) in [6, 6.07) is 6.21. The Morgan fingerprint density at radius 1 is 1.50 bits per heavy atom. The van der Waals surface area contributed by atoms with Crippen LogP contribution in [0.4, 0.5) is 0 Å². The molecule has 98 valence electrons. The predicted molar refractivity (Wildman–Crippen MR) is 78.3 cm³/mol. The number of alkyl halides is 1. The van der Waals surface area contributed by atoms with Gasteiger partial charge in [0.05, 0.1) is 0 Å². The average molecular weight is 331 g/mol. The molecule has 0 atom stereocenters. The molecule has 0 N–H and O–H groups in total. The van der Waals surface area contributed by atoms with Crippen molar-refractivity contribution in [3.8, 4) is 0 Å². The summed E-state index contributed by atoms with van der Waals surface area (Å²) in [5.41, 5.74) is 1.79. The van der Waals surface area contributed by atoms with Gasteiger partial charge in [0.2, 0.25) is 0 Å². The molecule has 0 saturated heterocycles. The van der Waals surface area contributed by atoms with E-state index in [2.05, 4.69) is 15.9 Å². The predicted octanol–water partition coefficient (Wildman–Crippen LogP) is 3.99. The third kappa shape index (κ3) is 2.89. The van der Waals surface area contributed by atoms with Crippen molar-refractivity contribution < 1.29 is 4.79 Å². The van der Waals surface area contributed by atoms with Crippen LogP contribution in [-0.2, 0) is 0 Å². The van der Waals surface area contributed by atoms with Crippen molar-refractivity contribution in [3.63, 3.8) is 0 Å². The number of halogens is 2. The monoisotopic (exact) mass is 329 g/mol. The van der Waals surface area contributed by atoms with Crippen LogP contribution in [0, 0.1) is 6.92 Å². The van der Waals surface area contributed by atoms with Gasteiger partial charge in [0.25, 0.3) is 5.91 Å². The number of hydrogen-bond acceptors (Lipinski definition) is 1. The molecule has 4 heteroatoms. The minimum atomic E-state index is 0.110. The Hall–Kier alpha value is -0.540. The smallest absolute Gasteiger partial charge is 0.254 e. The van der Waals surface area contributed by atoms with Crippen molar-refractivity contribution in [2.45, 2.75) is 32.2 Å². The number of nitrogens with zero attached hydrogens (tertiary/aromatic N) is 1. The lowest BCUT2D eigenvalue weighted by molar-refractivity contribution is 0.0597. The Bertz CT molecular complexity index is 445. The van der Waals surface area contributed by atoms with Gasteiger partial charge in [0, 0.05) is 28.5 Å². The summed E-state index contributed by atoms with van der Waals surface area (Å²) >= 11 is 9.24. The van der Waals surface area contributed by atoms with Crippen molar-refractivity contribution in [1.82, 2.24) is 4.90 Å². The number of benzene rings is 1. The number of aryl methyl sites for hydroxylation is 1. The molecule has 18 heavy (non-hydrogen) atoms. The summed E-state index contributed by atoms with van der Waals surface area (Å²) < 4.78 is 0.941. The van der Waals surface area contributed by atoms with Gasteiger partial charge in [0.15, 0.2) is 0 Å². The van der Waals surface area contributed by atoms with Crippen LogP contribution >= 0.6 is 27.5 Å². The zero-order valence-corrected chi connectivity index (χ0v) is 12.8. The molecule has 0 heterocycles. The number of carbonyl (C=O) groups excluding carboxylic acids is 1. The lowest BCUT2D eigenvalue weighted by atomic mass is 9.90. The maximum Gasteiger partial charge on any atom is 0.254 e. The van der Waals surface area contributed by atoms with Crippen LogP contribution in [0.15, 0.2) is 22.7 Å². The summed E-state index contributed by atoms with van der Waals surface area (Å²) in [5.74, 6) is 0.606. The first kappa shape index (κ1) is 13.9. The van der Waals surface area contributed by atoms with E-state index in [1.165, 1.54) is 6.42 Å². The molecule has 1 amide bonds. The van der Waals surface area contributed by atoms with E-state index in [1.807, 2.05) is 30.0 Å². The van der Waals surface area contributed by atoms with Crippen LogP contribution < -0.4 is 0 Å². The molecule has 0 radical (unpaired) electrons. The quantitative estimate of drug-likeness (QED) is 0.764. The van der Waals surface area contributed by atoms with Gasteiger partial charge in [-0.1, -0.05) is 22.0 Å². The molecule has 1 aromatic rings. The van der Waals surface area contributed by atoms with Crippen molar-refractivity contribution in [3.05, 3.63) is 33.8 Å². The van der Waals surface area contributed by atoms with E-state index in [0.717, 1.165) is 28.4 Å². The second-order valence-electron chi connectivity index (χ2n) is 4.73. The highest BCUT2D eigenvalue weighted by atomic mass is 79.9. The summed E-state index contributed by atoms with van der Waals surface area (Å²) in [7, 11) is 0. The Morgan fingerprint density at radius 2 is 2.22 bits per heavy atom. The molecule has 2 nitrogen and oxygen atoms in total. The van der Waals surface area contributed by atoms with E-state index in [4.69, 9.17) is 11.6 Å². The fourth-order valence-corrected chi connectivity index (χ4v) is 2.76. The highest BCUT2D eigenvalue weighted by Gasteiger charge is 2.29. The second-order valence-corrected chi connectivity index (χ2v) is 6.03. The van der Waals surface area contributed by atoms with Crippen LogP contribution in [-0.4, -0.2) is 29.3 Å². The Kier molecular flexibility index (Phi) is 4.68. The number of amides is 1. The van der Waals surface area contributed by atoms with E-state index in [9.17, 15) is 4.79 Å². The Balaban J connectivity index is 2.23. The highest BCUT2D eigenvalue weighted by molar-refractivity contribution is 9.10. The number of hydrogen-bond donors (Lipinski definition) is 0. The van der Waals surface area contributed by atoms with Crippen molar-refractivity contribution in [1.29, 1.82) is 0 Å². The lowest BCUT2D eigenvalue weighted by Crippen LogP contribution is -2.45. The van der Waals surface area contributed by atoms with Gasteiger partial charge in [-0.25, -0.2) is 0 Å². The zero-order chi connectivity index (χ0) is 13.1. The topological polar surface area (TPSA) is 20.3 Å². The van der Waals surface area contributed by atoms with Crippen LogP contribution in [0.3, 0.4) is 0 Å². The van der Waals surface area contributed by atoms with Crippen LogP contribution in [0.1, 0.15) is 35.2 Å². The number of carbonyl (C=O) groups is 1. The Morgan fingerprint density at radius 3 is 2.78 bits per heavy atom. The Labute approximate surface area is 121 Å². The third-order valence-electron chi connectivity index (χ3n) is 3.53. The largest absolute Gasteiger partial charge is 0.334 e. The van der Waals surface area contributed by atoms with Gasteiger partial charge in [-0.2, -0.15) is 0 Å². The summed E-state index contributed by atoms with van der Waals surface area (Å²) in [6.45, 7) is 2.61. The van der Waals surface area contributed by atoms with Crippen LogP contribution in [0.2, 0.25) is 0 Å². The van der Waals surface area contributed by atoms with E-state index < -0.39 is 0 Å². The second kappa shape index (κ2) is 6.07. The molecule has 1 saturated carbocycles. The van der Waals surface area contributed by atoms with Gasteiger partial charge in [-0.15, -0.1) is 11.6 Å². The summed E-state index contributed by atoms with van der Waals surface area (Å²) in [4.78, 5) is 14.5. The van der Waals surface area contributed by atoms with Crippen molar-refractivity contribution >= 4 is 33.4 Å². The van der Waals surface area contributed by atoms with Gasteiger partial charge in [-0.3, -0.25) is 4.79 Å². The number of rotatable bonds is 4. The molecule has 2 rings (SSSR count). The normalized spacial score (nSPS) is 15.3. The van der Waals surface area contributed by atoms with E-state index in [1.54, 1.807) is 0 Å². The molecule has 0 aromatic heterocycles. The molecule has 1 aliphatic rings. The van der Waals surface area contributed by atoms with E-state index >= 15 is 0 Å². The lowest BCUT2D eigenvalue weighted by Gasteiger charge is -2.37. The third-order valence-corrected chi connectivity index (χ3v) is 4.19. The molecular weight excluding hydrogens is 314 g/mol. The van der Waals surface area contributed by atoms with Gasteiger partial charge < -0.3 is 4.90 Å². The summed E-state index contributed by atoms with van der Waals surface area (Å²) in [5, 5.41) is 0. The average Bonchev–Trinajstić information content (AvgIpc) is 2.28. The van der Waals surface area contributed by atoms with Gasteiger partial charge in [0.1, 0.15) is 0 Å². The van der Waals surface area contributed by atoms with E-state index in [0.29, 0.717) is 18.5 Å². The molecule has 1 aromatic carbocycles. The maximum absolute atomic E-state index is 12.6. The van der Waals surface area contributed by atoms with Crippen LogP contribution in [0.5, 0.6) is 0 Å². The SMILES string of the molecule is Cc1ccc(Br)cc1C(=O)N(CCCl)C1CCC1. The summed E-state index contributed by atoms with van der Waals surface area (Å²) in [6.07, 6.45) is 3.43. The van der Waals surface area contributed by atoms with Crippen molar-refractivity contribution in [2.24, 2.45) is 0 Å². The molecular formula is C14H17BrClNO. The minimum Gasteiger partial charge on any atom is -0.334 e. The minimum absolute atomic E-state index is 0.110. The fourth-order valence-electron chi connectivity index (χ4n) is 2.22. The zero-order valence-electron chi connectivity index (χ0n) is 10.5. The first-order chi connectivity index (χ1) is 8.63. The fraction of sp³-hybridized carbons (Fsp3) is 0.500. The molecule has 1 aliphatic carbocycles. The van der Waals surface area contributed by atoms with Gasteiger partial charge in [-0.05, 0) is 43.9 Å². The molecule has 0 spiro atoms. The molecule has 0 bridgehead atoms. The van der Waals surface area contributed by atoms with Gasteiger partial charge >= 0.3 is 0 Å². The van der Waals surface area contributed by atoms with Crippen molar-refractivity contribution in [2.75, 3.05) is 12.4 Å². The van der Waals surface area contributed by atoms with E-state index in [-0.39, 0.29) is 5.91 Å². The maximum atomic E-state index is 12.6.